The van der Waals surface area contributed by atoms with Crippen molar-refractivity contribution >= 4 is 22.5 Å². The highest BCUT2D eigenvalue weighted by Crippen LogP contribution is 2.24. The second kappa shape index (κ2) is 6.31. The summed E-state index contributed by atoms with van der Waals surface area (Å²) >= 11 is 0. The molecule has 4 rings (SSSR count). The van der Waals surface area contributed by atoms with Crippen LogP contribution in [0.2, 0.25) is 0 Å². The summed E-state index contributed by atoms with van der Waals surface area (Å²) in [5.41, 5.74) is 3.62. The van der Waals surface area contributed by atoms with Crippen molar-refractivity contribution in [3.05, 3.63) is 53.5 Å². The molecular weight excluding hydrogens is 310 g/mol. The van der Waals surface area contributed by atoms with Crippen molar-refractivity contribution in [2.45, 2.75) is 20.8 Å². The minimum Gasteiger partial charge on any atom is -0.353 e. The number of pyridine rings is 1. The van der Waals surface area contributed by atoms with Gasteiger partial charge in [0, 0.05) is 37.8 Å². The second-order valence-electron chi connectivity index (χ2n) is 6.75. The van der Waals surface area contributed by atoms with Crippen LogP contribution in [0.25, 0.3) is 10.9 Å². The first kappa shape index (κ1) is 15.8. The molecule has 0 unspecified atom stereocenters. The quantitative estimate of drug-likeness (QED) is 0.720. The molecule has 0 radical (unpaired) electrons. The second-order valence-corrected chi connectivity index (χ2v) is 6.75. The molecule has 1 fully saturated rings. The van der Waals surface area contributed by atoms with Crippen molar-refractivity contribution < 1.29 is 0 Å². The predicted molar refractivity (Wildman–Crippen MR) is 102 cm³/mol. The minimum atomic E-state index is 0.821. The van der Waals surface area contributed by atoms with Gasteiger partial charge in [0.1, 0.15) is 17.5 Å². The third kappa shape index (κ3) is 3.14. The Balaban J connectivity index is 1.55. The number of fused-ring (bicyclic) bond motifs is 1. The number of rotatable bonds is 2. The topological polar surface area (TPSA) is 45.2 Å². The van der Waals surface area contributed by atoms with Gasteiger partial charge >= 0.3 is 0 Å². The summed E-state index contributed by atoms with van der Waals surface area (Å²) in [5, 5.41) is 1.24. The maximum atomic E-state index is 4.91. The average molecular weight is 333 g/mol. The van der Waals surface area contributed by atoms with E-state index in [1.165, 1.54) is 16.5 Å². The van der Waals surface area contributed by atoms with Crippen LogP contribution >= 0.6 is 0 Å². The van der Waals surface area contributed by atoms with Gasteiger partial charge in [0.2, 0.25) is 0 Å². The summed E-state index contributed by atoms with van der Waals surface area (Å²) in [5.74, 6) is 2.92. The lowest BCUT2D eigenvalue weighted by Gasteiger charge is -2.36. The molecule has 5 nitrogen and oxygen atoms in total. The Morgan fingerprint density at radius 2 is 1.52 bits per heavy atom. The first-order valence-electron chi connectivity index (χ1n) is 8.78. The molecule has 0 aliphatic carbocycles. The van der Waals surface area contributed by atoms with Crippen molar-refractivity contribution in [2.75, 3.05) is 36.0 Å². The van der Waals surface area contributed by atoms with E-state index in [0.29, 0.717) is 0 Å². The normalized spacial score (nSPS) is 15.0. The van der Waals surface area contributed by atoms with Gasteiger partial charge in [-0.25, -0.2) is 15.0 Å². The number of aryl methyl sites for hydroxylation is 3. The summed E-state index contributed by atoms with van der Waals surface area (Å²) < 4.78 is 0. The fourth-order valence-electron chi connectivity index (χ4n) is 3.44. The van der Waals surface area contributed by atoms with Crippen LogP contribution in [0.1, 0.15) is 17.0 Å². The Kier molecular flexibility index (Phi) is 3.99. The molecule has 128 valence electrons. The number of hydrogen-bond donors (Lipinski definition) is 0. The van der Waals surface area contributed by atoms with Crippen molar-refractivity contribution in [3.8, 4) is 0 Å². The average Bonchev–Trinajstić information content (AvgIpc) is 2.61. The van der Waals surface area contributed by atoms with Gasteiger partial charge in [-0.1, -0.05) is 12.1 Å². The Hall–Kier alpha value is -2.69. The maximum Gasteiger partial charge on any atom is 0.132 e. The van der Waals surface area contributed by atoms with Crippen molar-refractivity contribution in [3.63, 3.8) is 0 Å². The van der Waals surface area contributed by atoms with E-state index in [4.69, 9.17) is 4.98 Å². The van der Waals surface area contributed by atoms with Crippen LogP contribution in [0.3, 0.4) is 0 Å². The number of aromatic nitrogens is 3. The van der Waals surface area contributed by atoms with E-state index in [-0.39, 0.29) is 0 Å². The van der Waals surface area contributed by atoms with E-state index in [1.54, 1.807) is 0 Å². The monoisotopic (exact) mass is 333 g/mol. The van der Waals surface area contributed by atoms with E-state index >= 15 is 0 Å². The maximum absolute atomic E-state index is 4.91. The number of benzene rings is 1. The van der Waals surface area contributed by atoms with Crippen LogP contribution in [-0.4, -0.2) is 41.1 Å². The first-order chi connectivity index (χ1) is 12.1. The number of anilines is 2. The zero-order chi connectivity index (χ0) is 17.4. The van der Waals surface area contributed by atoms with E-state index in [9.17, 15) is 0 Å². The molecule has 0 saturated carbocycles. The van der Waals surface area contributed by atoms with Gasteiger partial charge in [0.05, 0.1) is 5.52 Å². The molecule has 1 aliphatic heterocycles. The molecular formula is C20H23N5. The molecule has 0 atom stereocenters. The molecule has 5 heteroatoms. The zero-order valence-electron chi connectivity index (χ0n) is 15.0. The van der Waals surface area contributed by atoms with E-state index in [2.05, 4.69) is 57.9 Å². The van der Waals surface area contributed by atoms with Crippen LogP contribution < -0.4 is 9.80 Å². The van der Waals surface area contributed by atoms with Crippen LogP contribution in [0, 0.1) is 20.8 Å². The highest BCUT2D eigenvalue weighted by Gasteiger charge is 2.20. The van der Waals surface area contributed by atoms with Crippen LogP contribution in [0.15, 0.2) is 36.5 Å². The lowest BCUT2D eigenvalue weighted by atomic mass is 10.1. The van der Waals surface area contributed by atoms with Gasteiger partial charge in [0.15, 0.2) is 0 Å². The first-order valence-corrected chi connectivity index (χ1v) is 8.78. The van der Waals surface area contributed by atoms with Crippen molar-refractivity contribution in [1.29, 1.82) is 0 Å². The molecule has 1 saturated heterocycles. The molecule has 0 N–H and O–H groups in total. The Morgan fingerprint density at radius 3 is 2.24 bits per heavy atom. The molecule has 2 aromatic heterocycles. The summed E-state index contributed by atoms with van der Waals surface area (Å²) in [6.45, 7) is 10.0. The molecule has 3 aromatic rings. The van der Waals surface area contributed by atoms with Gasteiger partial charge in [-0.2, -0.15) is 0 Å². The van der Waals surface area contributed by atoms with Gasteiger partial charge in [0.25, 0.3) is 0 Å². The number of nitrogens with zero attached hydrogens (tertiary/aromatic N) is 5. The van der Waals surface area contributed by atoms with E-state index < -0.39 is 0 Å². The molecule has 0 bridgehead atoms. The molecule has 1 aromatic carbocycles. The fraction of sp³-hybridized carbons (Fsp3) is 0.350. The summed E-state index contributed by atoms with van der Waals surface area (Å²) in [4.78, 5) is 18.3. The van der Waals surface area contributed by atoms with Gasteiger partial charge in [-0.15, -0.1) is 0 Å². The van der Waals surface area contributed by atoms with E-state index in [1.807, 2.05) is 19.2 Å². The standard InChI is InChI=1S/C20H23N5/c1-14-4-5-17-15(2)13-20(23-18(17)12-14)25-10-8-24(9-11-25)19-6-7-21-16(3)22-19/h4-7,12-13H,8-11H2,1-3H3. The van der Waals surface area contributed by atoms with Gasteiger partial charge < -0.3 is 9.80 Å². The summed E-state index contributed by atoms with van der Waals surface area (Å²) in [7, 11) is 0. The molecule has 0 spiro atoms. The van der Waals surface area contributed by atoms with E-state index in [0.717, 1.165) is 49.2 Å². The van der Waals surface area contributed by atoms with Crippen molar-refractivity contribution in [1.82, 2.24) is 15.0 Å². The highest BCUT2D eigenvalue weighted by molar-refractivity contribution is 5.84. The SMILES string of the molecule is Cc1ccc2c(C)cc(N3CCN(c4ccnc(C)n4)CC3)nc2c1. The molecule has 3 heterocycles. The minimum absolute atomic E-state index is 0.821. The third-order valence-corrected chi connectivity index (χ3v) is 4.85. The Labute approximate surface area is 148 Å². The van der Waals surface area contributed by atoms with Gasteiger partial charge in [-0.05, 0) is 50.1 Å². The Bertz CT molecular complexity index is 913. The summed E-state index contributed by atoms with van der Waals surface area (Å²) in [6.07, 6.45) is 1.83. The van der Waals surface area contributed by atoms with Crippen LogP contribution in [0.4, 0.5) is 11.6 Å². The Morgan fingerprint density at radius 1 is 0.800 bits per heavy atom. The lowest BCUT2D eigenvalue weighted by Crippen LogP contribution is -2.47. The van der Waals surface area contributed by atoms with Gasteiger partial charge in [-0.3, -0.25) is 0 Å². The van der Waals surface area contributed by atoms with Crippen LogP contribution in [0.5, 0.6) is 0 Å². The summed E-state index contributed by atoms with van der Waals surface area (Å²) in [6, 6.07) is 10.7. The predicted octanol–water partition coefficient (Wildman–Crippen LogP) is 3.28. The number of hydrogen-bond acceptors (Lipinski definition) is 5. The molecule has 25 heavy (non-hydrogen) atoms. The zero-order valence-corrected chi connectivity index (χ0v) is 15.0. The number of piperazine rings is 1. The lowest BCUT2D eigenvalue weighted by molar-refractivity contribution is 0.640. The fourth-order valence-corrected chi connectivity index (χ4v) is 3.44. The third-order valence-electron chi connectivity index (χ3n) is 4.85. The van der Waals surface area contributed by atoms with Crippen LogP contribution in [-0.2, 0) is 0 Å². The highest BCUT2D eigenvalue weighted by atomic mass is 15.3. The van der Waals surface area contributed by atoms with Crippen molar-refractivity contribution in [2.24, 2.45) is 0 Å². The smallest absolute Gasteiger partial charge is 0.132 e. The largest absolute Gasteiger partial charge is 0.353 e. The molecule has 0 amide bonds. The molecule has 1 aliphatic rings.